The van der Waals surface area contributed by atoms with Crippen molar-refractivity contribution in [2.75, 3.05) is 0 Å². The van der Waals surface area contributed by atoms with Crippen molar-refractivity contribution in [2.45, 2.75) is 38.0 Å². The van der Waals surface area contributed by atoms with Crippen LogP contribution < -0.4 is 0 Å². The number of hydrogen-bond donors (Lipinski definition) is 2. The monoisotopic (exact) mass is 390 g/mol. The molecular formula is C14H20BaO4. The van der Waals surface area contributed by atoms with E-state index in [0.29, 0.717) is 12.0 Å². The van der Waals surface area contributed by atoms with Crippen LogP contribution in [-0.4, -0.2) is 71.0 Å². The largest absolute Gasteiger partial charge is 2.00 e. The molecule has 4 nitrogen and oxygen atoms in total. The predicted octanol–water partition coefficient (Wildman–Crippen LogP) is 2.52. The van der Waals surface area contributed by atoms with Crippen LogP contribution in [0, 0.1) is 0 Å². The minimum Gasteiger partial charge on any atom is -1.00 e. The smallest absolute Gasteiger partial charge is 1.00 e. The first-order valence-electron chi connectivity index (χ1n) is 6.08. The molecule has 0 saturated heterocycles. The van der Waals surface area contributed by atoms with Crippen LogP contribution in [0.4, 0.5) is 0 Å². The van der Waals surface area contributed by atoms with Gasteiger partial charge in [0.2, 0.25) is 0 Å². The van der Waals surface area contributed by atoms with Crippen molar-refractivity contribution in [3.8, 4) is 0 Å². The molecule has 0 aliphatic heterocycles. The molecule has 102 valence electrons. The first-order valence-corrected chi connectivity index (χ1v) is 6.08. The van der Waals surface area contributed by atoms with Crippen LogP contribution in [0.3, 0.4) is 0 Å². The zero-order chi connectivity index (χ0) is 13.6. The third-order valence-electron chi connectivity index (χ3n) is 3.15. The topological polar surface area (TPSA) is 74.6 Å². The summed E-state index contributed by atoms with van der Waals surface area (Å²) in [4.78, 5) is 23.0. The molecule has 1 aromatic carbocycles. The molecule has 0 unspecified atom stereocenters. The van der Waals surface area contributed by atoms with Crippen LogP contribution in [0.15, 0.2) is 30.3 Å². The average molecular weight is 390 g/mol. The molecule has 0 radical (unpaired) electrons. The second-order valence-corrected chi connectivity index (χ2v) is 4.34. The molecule has 0 aliphatic carbocycles. The van der Waals surface area contributed by atoms with Crippen molar-refractivity contribution >= 4 is 60.8 Å². The van der Waals surface area contributed by atoms with Crippen LogP contribution >= 0.6 is 0 Å². The van der Waals surface area contributed by atoms with Crippen LogP contribution in [0.1, 0.15) is 41.0 Å². The molecule has 2 N–H and O–H groups in total. The number of rotatable bonds is 7. The zero-order valence-electron chi connectivity index (χ0n) is 13.1. The van der Waals surface area contributed by atoms with Gasteiger partial charge in [-0.2, -0.15) is 0 Å². The van der Waals surface area contributed by atoms with Gasteiger partial charge in [-0.15, -0.1) is 0 Å². The normalized spacial score (nSPS) is 10.6. The van der Waals surface area contributed by atoms with Gasteiger partial charge in [0.1, 0.15) is 0 Å². The Morgan fingerprint density at radius 1 is 1.11 bits per heavy atom. The first-order chi connectivity index (χ1) is 8.55. The fraction of sp³-hybridized carbons (Fsp3) is 0.429. The molecule has 0 aliphatic rings. The molecule has 0 amide bonds. The van der Waals surface area contributed by atoms with Gasteiger partial charge >= 0.3 is 60.8 Å². The van der Waals surface area contributed by atoms with Gasteiger partial charge in [-0.3, -0.25) is 9.59 Å². The minimum atomic E-state index is -1.82. The van der Waals surface area contributed by atoms with Crippen molar-refractivity contribution in [1.29, 1.82) is 0 Å². The molecule has 1 rings (SSSR count). The number of carboxylic acids is 2. The van der Waals surface area contributed by atoms with Gasteiger partial charge in [0.05, 0.1) is 0 Å². The molecule has 0 atom stereocenters. The Balaban J connectivity index is -0.00000108. The third kappa shape index (κ3) is 4.36. The summed E-state index contributed by atoms with van der Waals surface area (Å²) < 4.78 is 0. The van der Waals surface area contributed by atoms with E-state index in [1.54, 1.807) is 30.3 Å². The van der Waals surface area contributed by atoms with Gasteiger partial charge in [-0.1, -0.05) is 56.5 Å². The number of aliphatic carboxylic acids is 2. The Morgan fingerprint density at radius 2 is 1.63 bits per heavy atom. The zero-order valence-corrected chi connectivity index (χ0v) is 15.6. The maximum absolute atomic E-state index is 11.5. The molecule has 0 saturated carbocycles. The maximum Gasteiger partial charge on any atom is 2.00 e. The van der Waals surface area contributed by atoms with E-state index in [1.807, 2.05) is 6.92 Å². The Morgan fingerprint density at radius 3 is 2.05 bits per heavy atom. The number of benzene rings is 1. The Hall–Kier alpha value is -0.269. The molecule has 0 aromatic heterocycles. The minimum absolute atomic E-state index is 0. The molecule has 5 heteroatoms. The first kappa shape index (κ1) is 18.7. The van der Waals surface area contributed by atoms with E-state index in [1.165, 1.54) is 0 Å². The van der Waals surface area contributed by atoms with Crippen molar-refractivity contribution in [1.82, 2.24) is 0 Å². The summed E-state index contributed by atoms with van der Waals surface area (Å²) >= 11 is 0. The van der Waals surface area contributed by atoms with Crippen molar-refractivity contribution < 1.29 is 22.7 Å². The molecular weight excluding hydrogens is 369 g/mol. The third-order valence-corrected chi connectivity index (χ3v) is 3.15. The van der Waals surface area contributed by atoms with Crippen LogP contribution in [-0.2, 0) is 15.0 Å². The Bertz CT molecular complexity index is 412. The average Bonchev–Trinajstić information content (AvgIpc) is 2.35. The summed E-state index contributed by atoms with van der Waals surface area (Å²) in [6.45, 7) is 1.99. The van der Waals surface area contributed by atoms with Crippen molar-refractivity contribution in [3.63, 3.8) is 0 Å². The second-order valence-electron chi connectivity index (χ2n) is 4.34. The summed E-state index contributed by atoms with van der Waals surface area (Å²) in [6.07, 6.45) is 2.46. The fourth-order valence-corrected chi connectivity index (χ4v) is 2.06. The number of hydrogen-bond acceptors (Lipinski definition) is 2. The van der Waals surface area contributed by atoms with Gasteiger partial charge in [-0.05, 0) is 12.0 Å². The second kappa shape index (κ2) is 8.81. The number of carboxylic acid groups (broad SMARTS) is 2. The standard InChI is InChI=1S/C14H18O4.Ba.2H/c1-2-3-7-10-14(12(15)16,13(17)18)11-8-5-4-6-9-11;;;/h4-6,8-9H,2-3,7,10H2,1H3,(H,15,16)(H,17,18);;;/q;+2;2*-1. The molecule has 0 spiro atoms. The quantitative estimate of drug-likeness (QED) is 0.427. The van der Waals surface area contributed by atoms with Crippen LogP contribution in [0.25, 0.3) is 0 Å². The maximum atomic E-state index is 11.5. The van der Waals surface area contributed by atoms with Gasteiger partial charge in [0.15, 0.2) is 5.41 Å². The van der Waals surface area contributed by atoms with Gasteiger partial charge < -0.3 is 13.1 Å². The fourth-order valence-electron chi connectivity index (χ4n) is 2.06. The Labute approximate surface area is 156 Å². The van der Waals surface area contributed by atoms with Crippen LogP contribution in [0.2, 0.25) is 0 Å². The summed E-state index contributed by atoms with van der Waals surface area (Å²) in [5.41, 5.74) is -1.49. The van der Waals surface area contributed by atoms with E-state index in [9.17, 15) is 19.8 Å². The summed E-state index contributed by atoms with van der Waals surface area (Å²) in [6, 6.07) is 8.19. The van der Waals surface area contributed by atoms with Crippen LogP contribution in [0.5, 0.6) is 0 Å². The van der Waals surface area contributed by atoms with Crippen molar-refractivity contribution in [2.24, 2.45) is 0 Å². The van der Waals surface area contributed by atoms with E-state index in [4.69, 9.17) is 0 Å². The molecule has 19 heavy (non-hydrogen) atoms. The number of carbonyl (C=O) groups is 2. The van der Waals surface area contributed by atoms with Gasteiger partial charge in [-0.25, -0.2) is 0 Å². The molecule has 0 fully saturated rings. The molecule has 0 bridgehead atoms. The molecule has 0 heterocycles. The van der Waals surface area contributed by atoms with E-state index in [2.05, 4.69) is 0 Å². The molecule has 1 aromatic rings. The summed E-state index contributed by atoms with van der Waals surface area (Å²) in [7, 11) is 0. The van der Waals surface area contributed by atoms with Gasteiger partial charge in [0, 0.05) is 0 Å². The number of unbranched alkanes of at least 4 members (excludes halogenated alkanes) is 2. The van der Waals surface area contributed by atoms with Gasteiger partial charge in [0.25, 0.3) is 0 Å². The Kier molecular flexibility index (Phi) is 8.69. The van der Waals surface area contributed by atoms with Crippen molar-refractivity contribution in [3.05, 3.63) is 35.9 Å². The van der Waals surface area contributed by atoms with E-state index in [-0.39, 0.29) is 58.2 Å². The summed E-state index contributed by atoms with van der Waals surface area (Å²) in [5.74, 6) is -2.59. The van der Waals surface area contributed by atoms with E-state index in [0.717, 1.165) is 12.8 Å². The van der Waals surface area contributed by atoms with E-state index >= 15 is 0 Å². The van der Waals surface area contributed by atoms with E-state index < -0.39 is 17.4 Å². The predicted molar refractivity (Wildman–Crippen MR) is 75.5 cm³/mol. The summed E-state index contributed by atoms with van der Waals surface area (Å²) in [5, 5.41) is 18.7. The SMILES string of the molecule is CCCCCC(C(=O)O)(C(=O)O)c1ccccc1.[Ba+2].[H-].[H-].